The average molecular weight is 514 g/mol. The van der Waals surface area contributed by atoms with Gasteiger partial charge in [-0.1, -0.05) is 12.1 Å². The largest absolute Gasteiger partial charge is 0.497 e. The lowest BCUT2D eigenvalue weighted by molar-refractivity contribution is -0.384. The van der Waals surface area contributed by atoms with E-state index in [1.54, 1.807) is 56.7 Å². The van der Waals surface area contributed by atoms with E-state index in [2.05, 4.69) is 10.2 Å². The summed E-state index contributed by atoms with van der Waals surface area (Å²) in [6.07, 6.45) is 1.63. The number of fused-ring (bicyclic) bond motifs is 4. The number of ketones is 1. The van der Waals surface area contributed by atoms with Crippen molar-refractivity contribution >= 4 is 23.1 Å². The van der Waals surface area contributed by atoms with Crippen molar-refractivity contribution in [3.8, 4) is 11.5 Å². The number of nitrogens with one attached hydrogen (secondary N) is 1. The number of rotatable bonds is 6. The highest BCUT2D eigenvalue weighted by molar-refractivity contribution is 6.12. The molecule has 0 aliphatic carbocycles. The predicted octanol–water partition coefficient (Wildman–Crippen LogP) is 4.52. The van der Waals surface area contributed by atoms with E-state index in [0.717, 1.165) is 12.8 Å². The van der Waals surface area contributed by atoms with Gasteiger partial charge in [0.1, 0.15) is 17.0 Å². The molecule has 38 heavy (non-hydrogen) atoms. The number of hydrogen-bond donors (Lipinski definition) is 1. The zero-order chi connectivity index (χ0) is 26.6. The van der Waals surface area contributed by atoms with Gasteiger partial charge in [0.2, 0.25) is 5.91 Å². The zero-order valence-corrected chi connectivity index (χ0v) is 21.0. The van der Waals surface area contributed by atoms with Gasteiger partial charge in [0.15, 0.2) is 5.78 Å². The smallest absolute Gasteiger partial charge is 0.269 e. The summed E-state index contributed by atoms with van der Waals surface area (Å²) in [5.74, 6) is -0.500. The maximum Gasteiger partial charge on any atom is 0.269 e. The summed E-state index contributed by atoms with van der Waals surface area (Å²) < 4.78 is 10.8. The number of carbonyl (C=O) groups is 2. The van der Waals surface area contributed by atoms with Crippen LogP contribution in [0.15, 0.2) is 66.7 Å². The van der Waals surface area contributed by atoms with Crippen LogP contribution < -0.4 is 14.8 Å². The second kappa shape index (κ2) is 8.95. The van der Waals surface area contributed by atoms with Crippen LogP contribution in [0.4, 0.5) is 11.4 Å². The molecule has 4 atom stereocenters. The summed E-state index contributed by atoms with van der Waals surface area (Å²) in [7, 11) is 3.13. The minimum atomic E-state index is -1.28. The van der Waals surface area contributed by atoms with Crippen molar-refractivity contribution in [1.29, 1.82) is 0 Å². The molecule has 3 aromatic rings. The molecule has 2 saturated heterocycles. The van der Waals surface area contributed by atoms with Gasteiger partial charge in [-0.2, -0.15) is 0 Å². The van der Waals surface area contributed by atoms with Gasteiger partial charge in [-0.15, -0.1) is 0 Å². The molecule has 3 unspecified atom stereocenters. The van der Waals surface area contributed by atoms with E-state index in [9.17, 15) is 19.7 Å². The number of amides is 1. The molecule has 6 rings (SSSR count). The molecule has 0 saturated carbocycles. The van der Waals surface area contributed by atoms with Crippen molar-refractivity contribution < 1.29 is 24.0 Å². The molecular weight excluding hydrogens is 486 g/mol. The molecule has 9 heteroatoms. The lowest BCUT2D eigenvalue weighted by atomic mass is 9.68. The van der Waals surface area contributed by atoms with Gasteiger partial charge in [-0.3, -0.25) is 24.6 Å². The molecule has 1 N–H and O–H groups in total. The third-order valence-electron chi connectivity index (χ3n) is 8.33. The first-order valence-electron chi connectivity index (χ1n) is 12.6. The van der Waals surface area contributed by atoms with E-state index in [1.807, 2.05) is 18.2 Å². The predicted molar refractivity (Wildman–Crippen MR) is 140 cm³/mol. The van der Waals surface area contributed by atoms with Crippen LogP contribution in [0.1, 0.15) is 40.2 Å². The summed E-state index contributed by atoms with van der Waals surface area (Å²) in [5.41, 5.74) is 1.17. The average Bonchev–Trinajstić information content (AvgIpc) is 3.61. The molecule has 194 valence electrons. The van der Waals surface area contributed by atoms with Crippen LogP contribution >= 0.6 is 0 Å². The summed E-state index contributed by atoms with van der Waals surface area (Å²) in [6, 6.07) is 18.6. The van der Waals surface area contributed by atoms with Gasteiger partial charge in [0.25, 0.3) is 5.69 Å². The number of carbonyl (C=O) groups excluding carboxylic acids is 2. The Balaban J connectivity index is 1.60. The standard InChI is InChI=1S/C29H27N3O6/c1-37-20-10-8-17(9-11-20)27(33)26-25(18-5-3-6-19(15-18)32(35)36)24-7-4-14-31(24)29(26)22-16-21(38-2)12-13-23(22)30-28(29)34/h3,5-6,8-13,15-16,24-26H,4,7,14H2,1-2H3,(H,30,34)/t24?,25?,26?,29-/m1/s1. The number of benzene rings is 3. The topological polar surface area (TPSA) is 111 Å². The normalized spacial score (nSPS) is 25.6. The maximum atomic E-state index is 14.5. The number of nitrogens with zero attached hydrogens (tertiary/aromatic N) is 2. The molecule has 0 aromatic heterocycles. The Morgan fingerprint density at radius 2 is 1.79 bits per heavy atom. The van der Waals surface area contributed by atoms with Crippen LogP contribution in [0.5, 0.6) is 11.5 Å². The fourth-order valence-corrected chi connectivity index (χ4v) is 6.82. The Kier molecular flexibility index (Phi) is 5.68. The van der Waals surface area contributed by atoms with Gasteiger partial charge in [-0.05, 0) is 67.4 Å². The SMILES string of the molecule is COc1ccc(C(=O)C2C(c3cccc([N+](=O)[O-])c3)C3CCCN3[C@@]23C(=O)Nc2ccc(OC)cc23)cc1. The molecule has 3 heterocycles. The van der Waals surface area contributed by atoms with Gasteiger partial charge in [0, 0.05) is 40.9 Å². The molecule has 1 spiro atoms. The van der Waals surface area contributed by atoms with E-state index in [4.69, 9.17) is 9.47 Å². The van der Waals surface area contributed by atoms with E-state index < -0.39 is 22.3 Å². The highest BCUT2D eigenvalue weighted by Gasteiger charge is 2.69. The first-order valence-corrected chi connectivity index (χ1v) is 12.6. The molecule has 3 aliphatic rings. The molecular formula is C29H27N3O6. The molecule has 3 aromatic carbocycles. The molecule has 0 radical (unpaired) electrons. The van der Waals surface area contributed by atoms with E-state index >= 15 is 0 Å². The highest BCUT2D eigenvalue weighted by Crippen LogP contribution is 2.61. The number of ether oxygens (including phenoxy) is 2. The third-order valence-corrected chi connectivity index (χ3v) is 8.33. The van der Waals surface area contributed by atoms with Crippen LogP contribution in [0, 0.1) is 16.0 Å². The Bertz CT molecular complexity index is 1450. The van der Waals surface area contributed by atoms with Gasteiger partial charge in [-0.25, -0.2) is 0 Å². The zero-order valence-electron chi connectivity index (χ0n) is 21.0. The molecule has 9 nitrogen and oxygen atoms in total. The van der Waals surface area contributed by atoms with Crippen LogP contribution in [0.25, 0.3) is 0 Å². The van der Waals surface area contributed by atoms with Crippen molar-refractivity contribution in [1.82, 2.24) is 4.90 Å². The highest BCUT2D eigenvalue weighted by atomic mass is 16.6. The van der Waals surface area contributed by atoms with Crippen LogP contribution in [0.3, 0.4) is 0 Å². The molecule has 0 bridgehead atoms. The van der Waals surface area contributed by atoms with Crippen LogP contribution in [0.2, 0.25) is 0 Å². The number of nitro benzene ring substituents is 1. The van der Waals surface area contributed by atoms with Crippen molar-refractivity contribution in [2.75, 3.05) is 26.1 Å². The third kappa shape index (κ3) is 3.35. The Labute approximate surface area is 219 Å². The van der Waals surface area contributed by atoms with Gasteiger partial charge >= 0.3 is 0 Å². The number of anilines is 1. The first kappa shape index (κ1) is 24.1. The second-order valence-electron chi connectivity index (χ2n) is 9.98. The Hall–Kier alpha value is -4.24. The van der Waals surface area contributed by atoms with Crippen LogP contribution in [-0.2, 0) is 10.3 Å². The van der Waals surface area contributed by atoms with Gasteiger partial charge in [0.05, 0.1) is 25.1 Å². The first-order chi connectivity index (χ1) is 18.4. The number of non-ortho nitro benzene ring substituents is 1. The van der Waals surface area contributed by atoms with E-state index in [-0.39, 0.29) is 23.4 Å². The van der Waals surface area contributed by atoms with Gasteiger partial charge < -0.3 is 14.8 Å². The number of nitro groups is 1. The summed E-state index contributed by atoms with van der Waals surface area (Å²) >= 11 is 0. The second-order valence-corrected chi connectivity index (χ2v) is 9.98. The number of methoxy groups -OCH3 is 2. The molecule has 3 aliphatic heterocycles. The monoisotopic (exact) mass is 513 g/mol. The van der Waals surface area contributed by atoms with Crippen molar-refractivity contribution in [2.24, 2.45) is 5.92 Å². The fourth-order valence-electron chi connectivity index (χ4n) is 6.82. The van der Waals surface area contributed by atoms with Crippen LogP contribution in [-0.4, -0.2) is 48.3 Å². The Morgan fingerprint density at radius 3 is 2.50 bits per heavy atom. The minimum Gasteiger partial charge on any atom is -0.497 e. The molecule has 2 fully saturated rings. The Morgan fingerprint density at radius 1 is 1.05 bits per heavy atom. The van der Waals surface area contributed by atoms with Crippen molar-refractivity contribution in [3.05, 3.63) is 93.5 Å². The summed E-state index contributed by atoms with van der Waals surface area (Å²) in [6.45, 7) is 0.632. The quantitative estimate of drug-likeness (QED) is 0.293. The maximum absolute atomic E-state index is 14.5. The summed E-state index contributed by atoms with van der Waals surface area (Å²) in [5, 5.41) is 14.7. The number of hydrogen-bond acceptors (Lipinski definition) is 7. The fraction of sp³-hybridized carbons (Fsp3) is 0.310. The van der Waals surface area contributed by atoms with Crippen molar-refractivity contribution in [2.45, 2.75) is 30.3 Å². The summed E-state index contributed by atoms with van der Waals surface area (Å²) in [4.78, 5) is 42.1. The lowest BCUT2D eigenvalue weighted by Gasteiger charge is -2.37. The lowest BCUT2D eigenvalue weighted by Crippen LogP contribution is -2.52. The minimum absolute atomic E-state index is 0.0402. The van der Waals surface area contributed by atoms with Crippen molar-refractivity contribution in [3.63, 3.8) is 0 Å². The van der Waals surface area contributed by atoms with E-state index in [0.29, 0.717) is 40.4 Å². The number of Topliss-reactive ketones (excluding diaryl/α,β-unsaturated/α-hetero) is 1. The van der Waals surface area contributed by atoms with E-state index in [1.165, 1.54) is 6.07 Å². The molecule has 1 amide bonds.